The van der Waals surface area contributed by atoms with Gasteiger partial charge in [0.25, 0.3) is 0 Å². The van der Waals surface area contributed by atoms with Crippen molar-refractivity contribution in [1.29, 1.82) is 0 Å². The maximum Gasteiger partial charge on any atom is 0.344 e. The average molecular weight is 429 g/mol. The van der Waals surface area contributed by atoms with Gasteiger partial charge >= 0.3 is 12.0 Å². The Morgan fingerprint density at radius 1 is 1.17 bits per heavy atom. The molecule has 4 rings (SSSR count). The average Bonchev–Trinajstić information content (AvgIpc) is 2.74. The van der Waals surface area contributed by atoms with E-state index in [4.69, 9.17) is 21.1 Å². The van der Waals surface area contributed by atoms with Crippen molar-refractivity contribution in [2.75, 3.05) is 18.5 Å². The van der Waals surface area contributed by atoms with Crippen molar-refractivity contribution in [2.24, 2.45) is 0 Å². The highest BCUT2D eigenvalue weighted by Crippen LogP contribution is 2.49. The Bertz CT molecular complexity index is 970. The number of fused-ring (bicyclic) bond motifs is 2. The number of rotatable bonds is 5. The van der Waals surface area contributed by atoms with Crippen LogP contribution in [0.1, 0.15) is 44.6 Å². The van der Waals surface area contributed by atoms with Crippen LogP contribution < -0.4 is 15.4 Å². The lowest BCUT2D eigenvalue weighted by Crippen LogP contribution is -2.53. The molecule has 2 N–H and O–H groups in total. The van der Waals surface area contributed by atoms with Crippen LogP contribution in [0.4, 0.5) is 10.5 Å². The van der Waals surface area contributed by atoms with E-state index in [9.17, 15) is 9.59 Å². The summed E-state index contributed by atoms with van der Waals surface area (Å²) in [6.07, 6.45) is 5.01. The molecule has 1 spiro atoms. The molecule has 7 heteroatoms. The molecule has 2 aromatic rings. The molecular weight excluding hydrogens is 404 g/mol. The van der Waals surface area contributed by atoms with E-state index >= 15 is 0 Å². The van der Waals surface area contributed by atoms with Crippen molar-refractivity contribution in [2.45, 2.75) is 44.6 Å². The van der Waals surface area contributed by atoms with Crippen LogP contribution in [0.25, 0.3) is 11.1 Å². The van der Waals surface area contributed by atoms with Crippen LogP contribution in [-0.4, -0.2) is 25.2 Å². The molecule has 1 aliphatic heterocycles. The monoisotopic (exact) mass is 428 g/mol. The molecule has 0 saturated heterocycles. The molecule has 1 heterocycles. The fourth-order valence-electron chi connectivity index (χ4n) is 4.49. The van der Waals surface area contributed by atoms with Gasteiger partial charge in [-0.05, 0) is 49.1 Å². The summed E-state index contributed by atoms with van der Waals surface area (Å²) in [7, 11) is 0. The van der Waals surface area contributed by atoms with Crippen molar-refractivity contribution >= 4 is 29.3 Å². The highest BCUT2D eigenvalue weighted by molar-refractivity contribution is 6.34. The van der Waals surface area contributed by atoms with Crippen molar-refractivity contribution in [1.82, 2.24) is 5.32 Å². The maximum atomic E-state index is 12.4. The summed E-state index contributed by atoms with van der Waals surface area (Å²) in [6.45, 7) is 1.94. The topological polar surface area (TPSA) is 76.7 Å². The van der Waals surface area contributed by atoms with Crippen LogP contribution >= 0.6 is 11.6 Å². The van der Waals surface area contributed by atoms with Crippen LogP contribution in [0.3, 0.4) is 0 Å². The minimum atomic E-state index is -0.433. The number of benzene rings is 2. The summed E-state index contributed by atoms with van der Waals surface area (Å²) in [5.41, 5.74) is 3.20. The SMILES string of the molecule is CCOC(=O)COc1cccc(-c2ccc(Cl)c3c2C2(CCCCC2)NC(=O)N3)c1. The molecule has 0 atom stereocenters. The van der Waals surface area contributed by atoms with Gasteiger partial charge in [-0.25, -0.2) is 9.59 Å². The second kappa shape index (κ2) is 8.56. The van der Waals surface area contributed by atoms with Gasteiger partial charge in [-0.2, -0.15) is 0 Å². The van der Waals surface area contributed by atoms with E-state index in [-0.39, 0.29) is 12.6 Å². The predicted octanol–water partition coefficient (Wildman–Crippen LogP) is 5.24. The van der Waals surface area contributed by atoms with Crippen LogP contribution in [0.15, 0.2) is 36.4 Å². The molecule has 0 bridgehead atoms. The lowest BCUT2D eigenvalue weighted by atomic mass is 9.72. The number of hydrogen-bond donors (Lipinski definition) is 2. The minimum absolute atomic E-state index is 0.141. The number of ether oxygens (including phenoxy) is 2. The van der Waals surface area contributed by atoms with Crippen molar-refractivity contribution < 1.29 is 19.1 Å². The van der Waals surface area contributed by atoms with E-state index in [0.717, 1.165) is 48.8 Å². The Hall–Kier alpha value is -2.73. The third-order valence-corrected chi connectivity index (χ3v) is 6.05. The lowest BCUT2D eigenvalue weighted by molar-refractivity contribution is -0.145. The van der Waals surface area contributed by atoms with Gasteiger partial charge in [-0.15, -0.1) is 0 Å². The number of carbonyl (C=O) groups excluding carboxylic acids is 2. The number of amides is 2. The van der Waals surface area contributed by atoms with Gasteiger partial charge in [0.15, 0.2) is 6.61 Å². The zero-order valence-corrected chi connectivity index (χ0v) is 17.7. The zero-order chi connectivity index (χ0) is 21.1. The second-order valence-electron chi connectivity index (χ2n) is 7.69. The molecule has 158 valence electrons. The number of esters is 1. The molecule has 0 radical (unpaired) electrons. The van der Waals surface area contributed by atoms with Crippen LogP contribution in [-0.2, 0) is 15.1 Å². The number of nitrogens with one attached hydrogen (secondary N) is 2. The smallest absolute Gasteiger partial charge is 0.344 e. The van der Waals surface area contributed by atoms with Crippen LogP contribution in [0, 0.1) is 0 Å². The first-order valence-corrected chi connectivity index (χ1v) is 10.7. The quantitative estimate of drug-likeness (QED) is 0.638. The summed E-state index contributed by atoms with van der Waals surface area (Å²) in [4.78, 5) is 24.0. The largest absolute Gasteiger partial charge is 0.482 e. The number of hydrogen-bond acceptors (Lipinski definition) is 4. The van der Waals surface area contributed by atoms with Gasteiger partial charge in [0, 0.05) is 5.56 Å². The van der Waals surface area contributed by atoms with Gasteiger partial charge in [0.2, 0.25) is 0 Å². The third-order valence-electron chi connectivity index (χ3n) is 5.74. The summed E-state index contributed by atoms with van der Waals surface area (Å²) in [5.74, 6) is 0.176. The molecule has 2 amide bonds. The first kappa shape index (κ1) is 20.5. The predicted molar refractivity (Wildman–Crippen MR) is 116 cm³/mol. The zero-order valence-electron chi connectivity index (χ0n) is 16.9. The molecule has 0 aromatic heterocycles. The van der Waals surface area contributed by atoms with E-state index in [2.05, 4.69) is 10.6 Å². The van der Waals surface area contributed by atoms with E-state index in [1.807, 2.05) is 36.4 Å². The van der Waals surface area contributed by atoms with Gasteiger partial charge < -0.3 is 20.1 Å². The van der Waals surface area contributed by atoms with Crippen molar-refractivity contribution in [3.63, 3.8) is 0 Å². The highest BCUT2D eigenvalue weighted by Gasteiger charge is 2.43. The third kappa shape index (κ3) is 3.97. The van der Waals surface area contributed by atoms with E-state index in [1.54, 1.807) is 6.92 Å². The fourth-order valence-corrected chi connectivity index (χ4v) is 4.70. The van der Waals surface area contributed by atoms with E-state index < -0.39 is 11.5 Å². The summed E-state index contributed by atoms with van der Waals surface area (Å²) < 4.78 is 10.5. The maximum absolute atomic E-state index is 12.4. The molecule has 1 aliphatic carbocycles. The summed E-state index contributed by atoms with van der Waals surface area (Å²) in [5, 5.41) is 6.63. The number of urea groups is 1. The minimum Gasteiger partial charge on any atom is -0.482 e. The van der Waals surface area contributed by atoms with Crippen LogP contribution in [0.2, 0.25) is 5.02 Å². The molecule has 1 fully saturated rings. The van der Waals surface area contributed by atoms with Gasteiger partial charge in [-0.3, -0.25) is 0 Å². The Kier molecular flexibility index (Phi) is 5.86. The molecule has 1 saturated carbocycles. The first-order valence-electron chi connectivity index (χ1n) is 10.3. The molecule has 2 aliphatic rings. The van der Waals surface area contributed by atoms with E-state index in [0.29, 0.717) is 23.1 Å². The number of anilines is 1. The highest BCUT2D eigenvalue weighted by atomic mass is 35.5. The Morgan fingerprint density at radius 2 is 1.97 bits per heavy atom. The number of carbonyl (C=O) groups is 2. The summed E-state index contributed by atoms with van der Waals surface area (Å²) in [6, 6.07) is 11.2. The van der Waals surface area contributed by atoms with Crippen molar-refractivity contribution in [3.05, 3.63) is 47.0 Å². The van der Waals surface area contributed by atoms with Gasteiger partial charge in [0.1, 0.15) is 5.75 Å². The summed E-state index contributed by atoms with van der Waals surface area (Å²) >= 11 is 6.50. The van der Waals surface area contributed by atoms with Gasteiger partial charge in [0.05, 0.1) is 22.9 Å². The molecule has 6 nitrogen and oxygen atoms in total. The van der Waals surface area contributed by atoms with Crippen molar-refractivity contribution in [3.8, 4) is 16.9 Å². The standard InChI is InChI=1S/C23H25ClN2O4/c1-2-29-19(27)14-30-16-8-6-7-15(13-16)17-9-10-18(24)21-20(17)23(26-22(28)25-21)11-4-3-5-12-23/h6-10,13H,2-5,11-12,14H2,1H3,(H2,25,26,28). The molecule has 30 heavy (non-hydrogen) atoms. The first-order chi connectivity index (χ1) is 14.5. The van der Waals surface area contributed by atoms with Crippen LogP contribution in [0.5, 0.6) is 5.75 Å². The van der Waals surface area contributed by atoms with Gasteiger partial charge in [-0.1, -0.05) is 49.1 Å². The normalized spacial score (nSPS) is 16.9. The number of halogens is 1. The second-order valence-corrected chi connectivity index (χ2v) is 8.10. The Labute approximate surface area is 180 Å². The molecular formula is C23H25ClN2O4. The Balaban J connectivity index is 1.74. The molecule has 0 unspecified atom stereocenters. The fraction of sp³-hybridized carbons (Fsp3) is 0.391. The Morgan fingerprint density at radius 3 is 2.73 bits per heavy atom. The van der Waals surface area contributed by atoms with E-state index in [1.165, 1.54) is 0 Å². The molecule has 2 aromatic carbocycles. The lowest BCUT2D eigenvalue weighted by Gasteiger charge is -2.44.